The van der Waals surface area contributed by atoms with E-state index < -0.39 is 0 Å². The fraction of sp³-hybridized carbons (Fsp3) is 0.800. The van der Waals surface area contributed by atoms with Gasteiger partial charge in [-0.3, -0.25) is 0 Å². The zero-order valence-electron chi connectivity index (χ0n) is 12.4. The second-order valence-corrected chi connectivity index (χ2v) is 7.22. The zero-order valence-corrected chi connectivity index (χ0v) is 12.4. The van der Waals surface area contributed by atoms with Crippen molar-refractivity contribution >= 4 is 0 Å². The van der Waals surface area contributed by atoms with Crippen molar-refractivity contribution in [3.63, 3.8) is 0 Å². The molecule has 2 aliphatic rings. The van der Waals surface area contributed by atoms with Gasteiger partial charge in [0.15, 0.2) is 0 Å². The van der Waals surface area contributed by atoms with Crippen molar-refractivity contribution in [3.8, 4) is 0 Å². The van der Waals surface area contributed by atoms with E-state index in [2.05, 4.69) is 41.0 Å². The van der Waals surface area contributed by atoms with E-state index in [4.69, 9.17) is 0 Å². The van der Waals surface area contributed by atoms with E-state index >= 15 is 0 Å². The van der Waals surface area contributed by atoms with Gasteiger partial charge in [0, 0.05) is 32.1 Å². The summed E-state index contributed by atoms with van der Waals surface area (Å²) in [5, 5.41) is 3.63. The first kappa shape index (κ1) is 13.1. The zero-order chi connectivity index (χ0) is 13.5. The monoisotopic (exact) mass is 262 g/mol. The highest BCUT2D eigenvalue weighted by atomic mass is 15.2. The number of aromatic nitrogens is 2. The van der Waals surface area contributed by atoms with Crippen molar-refractivity contribution < 1.29 is 0 Å². The molecule has 3 rings (SSSR count). The largest absolute Gasteiger partial charge is 0.347 e. The Morgan fingerprint density at radius 1 is 1.42 bits per heavy atom. The Morgan fingerprint density at radius 2 is 2.26 bits per heavy atom. The summed E-state index contributed by atoms with van der Waals surface area (Å²) >= 11 is 0. The third-order valence-electron chi connectivity index (χ3n) is 4.79. The van der Waals surface area contributed by atoms with Crippen LogP contribution in [0.1, 0.15) is 38.6 Å². The van der Waals surface area contributed by atoms with E-state index in [0.717, 1.165) is 18.9 Å². The Kier molecular flexibility index (Phi) is 3.39. The third kappa shape index (κ3) is 2.84. The second kappa shape index (κ2) is 4.91. The molecule has 0 aliphatic carbocycles. The van der Waals surface area contributed by atoms with Crippen molar-refractivity contribution in [1.82, 2.24) is 20.2 Å². The van der Waals surface area contributed by atoms with E-state index in [-0.39, 0.29) is 0 Å². The normalized spacial score (nSPS) is 28.6. The standard InChI is InChI=1S/C15H26N4/c1-15(2,3)11-4-5-19(8-11)9-12-6-13-14(7-16-12)18-10-17-13/h10-12,16H,4-9H2,1-3H3,(H,17,18). The van der Waals surface area contributed by atoms with Gasteiger partial charge in [-0.1, -0.05) is 20.8 Å². The molecule has 0 radical (unpaired) electrons. The smallest absolute Gasteiger partial charge is 0.0925 e. The van der Waals surface area contributed by atoms with Crippen LogP contribution in [0.25, 0.3) is 0 Å². The number of nitrogens with one attached hydrogen (secondary N) is 2. The Balaban J connectivity index is 1.54. The minimum atomic E-state index is 0.449. The van der Waals surface area contributed by atoms with Gasteiger partial charge < -0.3 is 15.2 Å². The molecule has 106 valence electrons. The number of rotatable bonds is 2. The van der Waals surface area contributed by atoms with Crippen LogP contribution in [0, 0.1) is 11.3 Å². The van der Waals surface area contributed by atoms with E-state index in [9.17, 15) is 0 Å². The molecule has 1 saturated heterocycles. The molecule has 0 saturated carbocycles. The molecule has 3 heterocycles. The lowest BCUT2D eigenvalue weighted by Gasteiger charge is -2.30. The Bertz CT molecular complexity index is 432. The number of aromatic amines is 1. The lowest BCUT2D eigenvalue weighted by Crippen LogP contribution is -2.44. The summed E-state index contributed by atoms with van der Waals surface area (Å²) < 4.78 is 0. The molecule has 2 N–H and O–H groups in total. The topological polar surface area (TPSA) is 44.0 Å². The molecule has 1 aromatic rings. The molecule has 4 nitrogen and oxygen atoms in total. The number of imidazole rings is 1. The molecule has 19 heavy (non-hydrogen) atoms. The number of hydrogen-bond donors (Lipinski definition) is 2. The van der Waals surface area contributed by atoms with E-state index in [1.165, 1.54) is 37.4 Å². The first-order valence-electron chi connectivity index (χ1n) is 7.49. The van der Waals surface area contributed by atoms with Crippen molar-refractivity contribution in [1.29, 1.82) is 0 Å². The maximum atomic E-state index is 4.42. The van der Waals surface area contributed by atoms with E-state index in [0.29, 0.717) is 11.5 Å². The second-order valence-electron chi connectivity index (χ2n) is 7.22. The van der Waals surface area contributed by atoms with Crippen molar-refractivity contribution in [2.24, 2.45) is 11.3 Å². The molecule has 0 bridgehead atoms. The predicted octanol–water partition coefficient (Wildman–Crippen LogP) is 1.79. The number of likely N-dealkylation sites (tertiary alicyclic amines) is 1. The molecule has 2 aliphatic heterocycles. The van der Waals surface area contributed by atoms with Gasteiger partial charge in [0.05, 0.1) is 17.7 Å². The molecule has 0 aromatic carbocycles. The summed E-state index contributed by atoms with van der Waals surface area (Å²) in [6, 6.07) is 0.564. The van der Waals surface area contributed by atoms with E-state index in [1.54, 1.807) is 0 Å². The lowest BCUT2D eigenvalue weighted by atomic mass is 9.80. The highest BCUT2D eigenvalue weighted by molar-refractivity contribution is 5.16. The van der Waals surface area contributed by atoms with Crippen LogP contribution >= 0.6 is 0 Å². The van der Waals surface area contributed by atoms with Crippen molar-refractivity contribution in [3.05, 3.63) is 17.7 Å². The molecule has 1 aromatic heterocycles. The van der Waals surface area contributed by atoms with Crippen LogP contribution in [-0.4, -0.2) is 40.5 Å². The number of H-pyrrole nitrogens is 1. The number of nitrogens with zero attached hydrogens (tertiary/aromatic N) is 2. The summed E-state index contributed by atoms with van der Waals surface area (Å²) in [6.07, 6.45) is 4.24. The lowest BCUT2D eigenvalue weighted by molar-refractivity contribution is 0.216. The minimum absolute atomic E-state index is 0.449. The molecule has 2 atom stereocenters. The first-order chi connectivity index (χ1) is 9.02. The maximum absolute atomic E-state index is 4.42. The maximum Gasteiger partial charge on any atom is 0.0925 e. The van der Waals surface area contributed by atoms with Crippen LogP contribution in [0.15, 0.2) is 6.33 Å². The quantitative estimate of drug-likeness (QED) is 0.854. The van der Waals surface area contributed by atoms with Gasteiger partial charge in [0.1, 0.15) is 0 Å². The van der Waals surface area contributed by atoms with Gasteiger partial charge in [0.2, 0.25) is 0 Å². The Morgan fingerprint density at radius 3 is 3.00 bits per heavy atom. The summed E-state index contributed by atoms with van der Waals surface area (Å²) in [4.78, 5) is 10.3. The summed E-state index contributed by atoms with van der Waals surface area (Å²) in [6.45, 7) is 11.7. The molecule has 1 fully saturated rings. The van der Waals surface area contributed by atoms with Gasteiger partial charge in [-0.15, -0.1) is 0 Å². The Hall–Kier alpha value is -0.870. The van der Waals surface area contributed by atoms with Crippen LogP contribution in [-0.2, 0) is 13.0 Å². The number of fused-ring (bicyclic) bond motifs is 1. The molecule has 2 unspecified atom stereocenters. The molecule has 4 heteroatoms. The van der Waals surface area contributed by atoms with Gasteiger partial charge in [-0.05, 0) is 24.3 Å². The molecule has 0 spiro atoms. The van der Waals surface area contributed by atoms with E-state index in [1.807, 2.05) is 6.33 Å². The fourth-order valence-corrected chi connectivity index (χ4v) is 3.38. The Labute approximate surface area is 116 Å². The predicted molar refractivity (Wildman–Crippen MR) is 76.9 cm³/mol. The van der Waals surface area contributed by atoms with Crippen LogP contribution in [0.2, 0.25) is 0 Å². The van der Waals surface area contributed by atoms with Crippen LogP contribution in [0.4, 0.5) is 0 Å². The molecule has 0 amide bonds. The van der Waals surface area contributed by atoms with Gasteiger partial charge in [-0.25, -0.2) is 4.98 Å². The third-order valence-corrected chi connectivity index (χ3v) is 4.79. The van der Waals surface area contributed by atoms with Crippen LogP contribution < -0.4 is 5.32 Å². The summed E-state index contributed by atoms with van der Waals surface area (Å²) in [5.74, 6) is 0.844. The fourth-order valence-electron chi connectivity index (χ4n) is 3.38. The van der Waals surface area contributed by atoms with Crippen LogP contribution in [0.5, 0.6) is 0 Å². The van der Waals surface area contributed by atoms with Crippen molar-refractivity contribution in [2.75, 3.05) is 19.6 Å². The minimum Gasteiger partial charge on any atom is -0.347 e. The first-order valence-corrected chi connectivity index (χ1v) is 7.49. The number of hydrogen-bond acceptors (Lipinski definition) is 3. The molecular formula is C15H26N4. The summed E-state index contributed by atoms with van der Waals surface area (Å²) in [5.41, 5.74) is 2.98. The highest BCUT2D eigenvalue weighted by Crippen LogP contribution is 2.33. The average molecular weight is 262 g/mol. The molecular weight excluding hydrogens is 236 g/mol. The average Bonchev–Trinajstić information content (AvgIpc) is 2.95. The van der Waals surface area contributed by atoms with Gasteiger partial charge in [0.25, 0.3) is 0 Å². The SMILES string of the molecule is CC(C)(C)C1CCN(CC2Cc3nc[nH]c3CN2)C1. The van der Waals surface area contributed by atoms with Gasteiger partial charge in [-0.2, -0.15) is 0 Å². The van der Waals surface area contributed by atoms with Crippen LogP contribution in [0.3, 0.4) is 0 Å². The highest BCUT2D eigenvalue weighted by Gasteiger charge is 2.33. The summed E-state index contributed by atoms with van der Waals surface area (Å²) in [7, 11) is 0. The van der Waals surface area contributed by atoms with Gasteiger partial charge >= 0.3 is 0 Å². The van der Waals surface area contributed by atoms with Crippen molar-refractivity contribution in [2.45, 2.75) is 46.2 Å².